The Morgan fingerprint density at radius 1 is 1.41 bits per heavy atom. The van der Waals surface area contributed by atoms with Gasteiger partial charge in [0.05, 0.1) is 0 Å². The topological polar surface area (TPSA) is 67.4 Å². The number of rotatable bonds is 2. The molecule has 6 heteroatoms. The number of nitrogens with zero attached hydrogens (tertiary/aromatic N) is 4. The summed E-state index contributed by atoms with van der Waals surface area (Å²) in [5, 5.41) is 4.02. The number of anilines is 1. The Labute approximate surface area is 101 Å². The number of nitrogens with two attached hydrogens (primary N) is 1. The van der Waals surface area contributed by atoms with Crippen molar-refractivity contribution in [3.63, 3.8) is 0 Å². The van der Waals surface area contributed by atoms with Crippen LogP contribution in [0.3, 0.4) is 0 Å². The fourth-order valence-corrected chi connectivity index (χ4v) is 2.00. The molecule has 0 atom stereocenters. The van der Waals surface area contributed by atoms with Gasteiger partial charge in [-0.15, -0.1) is 0 Å². The van der Waals surface area contributed by atoms with Crippen LogP contribution < -0.4 is 5.73 Å². The molecule has 1 aliphatic rings. The summed E-state index contributed by atoms with van der Waals surface area (Å²) < 4.78 is 1.59. The van der Waals surface area contributed by atoms with Crippen LogP contribution in [0.25, 0.3) is 0 Å². The zero-order chi connectivity index (χ0) is 12.3. The van der Waals surface area contributed by atoms with E-state index in [1.807, 2.05) is 4.90 Å². The van der Waals surface area contributed by atoms with E-state index in [0.717, 1.165) is 32.6 Å². The molecular weight excluding hydrogens is 218 g/mol. The Morgan fingerprint density at radius 3 is 2.94 bits per heavy atom. The van der Waals surface area contributed by atoms with Crippen molar-refractivity contribution in [1.82, 2.24) is 19.6 Å². The fourth-order valence-electron chi connectivity index (χ4n) is 2.00. The molecular formula is C11H19N5O. The Bertz CT molecular complexity index is 389. The molecule has 0 bridgehead atoms. The van der Waals surface area contributed by atoms with Crippen molar-refractivity contribution in [2.75, 3.05) is 39.0 Å². The summed E-state index contributed by atoms with van der Waals surface area (Å²) in [4.78, 5) is 16.2. The van der Waals surface area contributed by atoms with E-state index >= 15 is 0 Å². The molecule has 1 aromatic heterocycles. The molecule has 0 aliphatic carbocycles. The summed E-state index contributed by atoms with van der Waals surface area (Å²) >= 11 is 0. The maximum atomic E-state index is 12.0. The molecule has 2 heterocycles. The van der Waals surface area contributed by atoms with Crippen molar-refractivity contribution in [2.24, 2.45) is 0 Å². The standard InChI is InChI=1S/C11H19N5O/c1-14-4-2-5-15(8-7-14)11(17)9-16-6-3-10(12)13-16/h3,6H,2,4-5,7-9H2,1H3,(H2,12,13). The highest BCUT2D eigenvalue weighted by Crippen LogP contribution is 2.03. The molecule has 1 saturated heterocycles. The molecule has 0 radical (unpaired) electrons. The Hall–Kier alpha value is -1.56. The van der Waals surface area contributed by atoms with Crippen LogP contribution in [0.15, 0.2) is 12.3 Å². The highest BCUT2D eigenvalue weighted by molar-refractivity contribution is 5.76. The third-order valence-electron chi connectivity index (χ3n) is 3.03. The van der Waals surface area contributed by atoms with Gasteiger partial charge in [0, 0.05) is 25.8 Å². The number of hydrogen-bond donors (Lipinski definition) is 1. The SMILES string of the molecule is CN1CCCN(C(=O)Cn2ccc(N)n2)CC1. The summed E-state index contributed by atoms with van der Waals surface area (Å²) in [5.41, 5.74) is 5.51. The van der Waals surface area contributed by atoms with Gasteiger partial charge in [-0.3, -0.25) is 9.48 Å². The number of aromatic nitrogens is 2. The third-order valence-corrected chi connectivity index (χ3v) is 3.03. The van der Waals surface area contributed by atoms with Crippen LogP contribution in [-0.2, 0) is 11.3 Å². The van der Waals surface area contributed by atoms with Gasteiger partial charge in [0.15, 0.2) is 0 Å². The van der Waals surface area contributed by atoms with Crippen LogP contribution in [-0.4, -0.2) is 58.7 Å². The quantitative estimate of drug-likeness (QED) is 0.762. The molecule has 6 nitrogen and oxygen atoms in total. The van der Waals surface area contributed by atoms with E-state index in [4.69, 9.17) is 5.73 Å². The van der Waals surface area contributed by atoms with Crippen LogP contribution in [0.1, 0.15) is 6.42 Å². The smallest absolute Gasteiger partial charge is 0.244 e. The van der Waals surface area contributed by atoms with Gasteiger partial charge >= 0.3 is 0 Å². The minimum Gasteiger partial charge on any atom is -0.382 e. The van der Waals surface area contributed by atoms with Crippen LogP contribution in [0.4, 0.5) is 5.82 Å². The molecule has 17 heavy (non-hydrogen) atoms. The number of amides is 1. The lowest BCUT2D eigenvalue weighted by Crippen LogP contribution is -2.36. The largest absolute Gasteiger partial charge is 0.382 e. The van der Waals surface area contributed by atoms with Crippen molar-refractivity contribution >= 4 is 11.7 Å². The lowest BCUT2D eigenvalue weighted by Gasteiger charge is -2.20. The zero-order valence-corrected chi connectivity index (χ0v) is 10.2. The van der Waals surface area contributed by atoms with Crippen LogP contribution >= 0.6 is 0 Å². The summed E-state index contributed by atoms with van der Waals surface area (Å²) in [7, 11) is 2.09. The summed E-state index contributed by atoms with van der Waals surface area (Å²) in [6.45, 7) is 3.90. The second-order valence-electron chi connectivity index (χ2n) is 4.48. The molecule has 1 amide bonds. The third kappa shape index (κ3) is 3.20. The number of carbonyl (C=O) groups excluding carboxylic acids is 1. The monoisotopic (exact) mass is 237 g/mol. The van der Waals surface area contributed by atoms with E-state index in [9.17, 15) is 4.79 Å². The summed E-state index contributed by atoms with van der Waals surface area (Å²) in [5.74, 6) is 0.566. The highest BCUT2D eigenvalue weighted by atomic mass is 16.2. The second kappa shape index (κ2) is 5.18. The second-order valence-corrected chi connectivity index (χ2v) is 4.48. The van der Waals surface area contributed by atoms with E-state index in [0.29, 0.717) is 5.82 Å². The van der Waals surface area contributed by atoms with Crippen molar-refractivity contribution in [3.05, 3.63) is 12.3 Å². The molecule has 2 N–H and O–H groups in total. The first-order valence-corrected chi connectivity index (χ1v) is 5.90. The zero-order valence-electron chi connectivity index (χ0n) is 10.2. The first-order valence-electron chi connectivity index (χ1n) is 5.90. The number of likely N-dealkylation sites (N-methyl/N-ethyl adjacent to an activating group) is 1. The maximum Gasteiger partial charge on any atom is 0.244 e. The van der Waals surface area contributed by atoms with E-state index in [2.05, 4.69) is 17.0 Å². The van der Waals surface area contributed by atoms with Gasteiger partial charge < -0.3 is 15.5 Å². The van der Waals surface area contributed by atoms with Gasteiger partial charge in [0.25, 0.3) is 0 Å². The highest BCUT2D eigenvalue weighted by Gasteiger charge is 2.17. The molecule has 0 aromatic carbocycles. The maximum absolute atomic E-state index is 12.0. The van der Waals surface area contributed by atoms with Crippen LogP contribution in [0.5, 0.6) is 0 Å². The van der Waals surface area contributed by atoms with Crippen LogP contribution in [0.2, 0.25) is 0 Å². The van der Waals surface area contributed by atoms with Gasteiger partial charge in [-0.2, -0.15) is 5.10 Å². The first-order chi connectivity index (χ1) is 8.15. The molecule has 2 rings (SSSR count). The van der Waals surface area contributed by atoms with E-state index in [1.165, 1.54) is 0 Å². The van der Waals surface area contributed by atoms with Crippen LogP contribution in [0, 0.1) is 0 Å². The normalized spacial score (nSPS) is 18.1. The molecule has 1 fully saturated rings. The van der Waals surface area contributed by atoms with Crippen molar-refractivity contribution in [2.45, 2.75) is 13.0 Å². The van der Waals surface area contributed by atoms with E-state index in [1.54, 1.807) is 16.9 Å². The Balaban J connectivity index is 1.91. The Morgan fingerprint density at radius 2 is 2.24 bits per heavy atom. The van der Waals surface area contributed by atoms with Crippen molar-refractivity contribution in [1.29, 1.82) is 0 Å². The fraction of sp³-hybridized carbons (Fsp3) is 0.636. The summed E-state index contributed by atoms with van der Waals surface area (Å²) in [6, 6.07) is 1.70. The van der Waals surface area contributed by atoms with E-state index in [-0.39, 0.29) is 12.5 Å². The number of hydrogen-bond acceptors (Lipinski definition) is 4. The minimum atomic E-state index is 0.114. The average Bonchev–Trinajstić information content (AvgIpc) is 2.56. The Kier molecular flexibility index (Phi) is 3.63. The molecule has 0 spiro atoms. The molecule has 0 saturated carbocycles. The molecule has 1 aromatic rings. The molecule has 94 valence electrons. The number of carbonyl (C=O) groups is 1. The van der Waals surface area contributed by atoms with Gasteiger partial charge in [0.2, 0.25) is 5.91 Å². The van der Waals surface area contributed by atoms with E-state index < -0.39 is 0 Å². The molecule has 0 unspecified atom stereocenters. The predicted molar refractivity (Wildman–Crippen MR) is 65.3 cm³/mol. The molecule has 1 aliphatic heterocycles. The predicted octanol–water partition coefficient (Wildman–Crippen LogP) is -0.371. The van der Waals surface area contributed by atoms with Crippen molar-refractivity contribution in [3.8, 4) is 0 Å². The lowest BCUT2D eigenvalue weighted by molar-refractivity contribution is -0.131. The van der Waals surface area contributed by atoms with Gasteiger partial charge in [0.1, 0.15) is 12.4 Å². The van der Waals surface area contributed by atoms with Gasteiger partial charge in [-0.1, -0.05) is 0 Å². The lowest BCUT2D eigenvalue weighted by atomic mass is 10.4. The summed E-state index contributed by atoms with van der Waals surface area (Å²) in [6.07, 6.45) is 2.76. The van der Waals surface area contributed by atoms with Gasteiger partial charge in [-0.05, 0) is 26.1 Å². The minimum absolute atomic E-state index is 0.114. The van der Waals surface area contributed by atoms with Crippen molar-refractivity contribution < 1.29 is 4.79 Å². The van der Waals surface area contributed by atoms with Gasteiger partial charge in [-0.25, -0.2) is 0 Å². The first kappa shape index (κ1) is 11.9. The number of nitrogen functional groups attached to an aromatic ring is 1. The average molecular weight is 237 g/mol.